The summed E-state index contributed by atoms with van der Waals surface area (Å²) >= 11 is 3.91. The number of ether oxygens (including phenoxy) is 2. The Kier molecular flexibility index (Phi) is 5.93. The molecule has 108 valence electrons. The molecule has 3 nitrogen and oxygen atoms in total. The Morgan fingerprint density at radius 1 is 1.30 bits per heavy atom. The fourth-order valence-corrected chi connectivity index (χ4v) is 5.58. The van der Waals surface area contributed by atoms with Gasteiger partial charge in [0, 0.05) is 17.9 Å². The van der Waals surface area contributed by atoms with Gasteiger partial charge in [0.05, 0.1) is 24.9 Å². The minimum Gasteiger partial charge on any atom is -0.493 e. The van der Waals surface area contributed by atoms with Crippen molar-refractivity contribution in [2.24, 2.45) is 0 Å². The van der Waals surface area contributed by atoms with Gasteiger partial charge in [-0.1, -0.05) is 12.1 Å². The Morgan fingerprint density at radius 2 is 2.05 bits per heavy atom. The van der Waals surface area contributed by atoms with Crippen LogP contribution >= 0.6 is 23.5 Å². The number of hydrogen-bond donors (Lipinski definition) is 0. The van der Waals surface area contributed by atoms with Crippen LogP contribution in [0.4, 0.5) is 0 Å². The summed E-state index contributed by atoms with van der Waals surface area (Å²) in [6, 6.07) is 8.25. The second-order valence-corrected chi connectivity index (χ2v) is 7.31. The zero-order chi connectivity index (χ0) is 14.4. The quantitative estimate of drug-likeness (QED) is 0.825. The third-order valence-electron chi connectivity index (χ3n) is 3.33. The second-order valence-electron chi connectivity index (χ2n) is 4.52. The molecule has 1 heterocycles. The van der Waals surface area contributed by atoms with Gasteiger partial charge >= 0.3 is 0 Å². The number of rotatable bonds is 5. The smallest absolute Gasteiger partial charge is 0.164 e. The molecular weight excluding hydrogens is 290 g/mol. The van der Waals surface area contributed by atoms with E-state index in [0.717, 1.165) is 17.1 Å². The van der Waals surface area contributed by atoms with E-state index < -0.39 is 0 Å². The molecule has 0 spiro atoms. The van der Waals surface area contributed by atoms with Crippen molar-refractivity contribution in [3.05, 3.63) is 23.8 Å². The van der Waals surface area contributed by atoms with Crippen LogP contribution in [-0.2, 0) is 0 Å². The van der Waals surface area contributed by atoms with Crippen LogP contribution in [0, 0.1) is 11.3 Å². The first-order valence-corrected chi connectivity index (χ1v) is 8.72. The third kappa shape index (κ3) is 3.36. The molecular formula is C15H19NO2S2. The number of nitriles is 1. The lowest BCUT2D eigenvalue weighted by molar-refractivity contribution is 0.350. The molecule has 0 radical (unpaired) electrons. The van der Waals surface area contributed by atoms with E-state index in [1.54, 1.807) is 14.2 Å². The maximum Gasteiger partial charge on any atom is 0.164 e. The predicted octanol–water partition coefficient (Wildman–Crippen LogP) is 3.90. The molecule has 1 aliphatic rings. The van der Waals surface area contributed by atoms with E-state index in [1.165, 1.54) is 17.9 Å². The van der Waals surface area contributed by atoms with Crippen molar-refractivity contribution in [3.63, 3.8) is 0 Å². The molecule has 2 rings (SSSR count). The first-order valence-electron chi connectivity index (χ1n) is 6.62. The largest absolute Gasteiger partial charge is 0.493 e. The standard InChI is InChI=1S/C15H19NO2S2/c1-17-13-6-3-5-11(14(13)18-2)12(7-8-16)15-19-9-4-10-20-15/h3,5-6,12,15H,4,7,9-10H2,1-2H3. The number of benzene rings is 1. The summed E-state index contributed by atoms with van der Waals surface area (Å²) in [5, 5.41) is 9.18. The molecule has 0 aliphatic carbocycles. The van der Waals surface area contributed by atoms with Crippen molar-refractivity contribution >= 4 is 23.5 Å². The molecule has 1 unspecified atom stereocenters. The highest BCUT2D eigenvalue weighted by Gasteiger charge is 2.29. The van der Waals surface area contributed by atoms with Crippen LogP contribution in [-0.4, -0.2) is 30.3 Å². The molecule has 5 heteroatoms. The Bertz CT molecular complexity index is 481. The van der Waals surface area contributed by atoms with Crippen LogP contribution in [0.2, 0.25) is 0 Å². The molecule has 0 bridgehead atoms. The van der Waals surface area contributed by atoms with Crippen molar-refractivity contribution in [1.82, 2.24) is 0 Å². The summed E-state index contributed by atoms with van der Waals surface area (Å²) < 4.78 is 11.3. The van der Waals surface area contributed by atoms with Crippen LogP contribution in [0.5, 0.6) is 11.5 Å². The van der Waals surface area contributed by atoms with Gasteiger partial charge < -0.3 is 9.47 Å². The summed E-state index contributed by atoms with van der Waals surface area (Å²) in [4.78, 5) is 0. The van der Waals surface area contributed by atoms with Crippen molar-refractivity contribution in [1.29, 1.82) is 5.26 Å². The van der Waals surface area contributed by atoms with Crippen molar-refractivity contribution < 1.29 is 9.47 Å². The van der Waals surface area contributed by atoms with Gasteiger partial charge in [-0.2, -0.15) is 5.26 Å². The highest BCUT2D eigenvalue weighted by atomic mass is 32.2. The SMILES string of the molecule is COc1cccc(C(CC#N)C2SCCCS2)c1OC. The molecule has 1 saturated heterocycles. The molecule has 20 heavy (non-hydrogen) atoms. The fraction of sp³-hybridized carbons (Fsp3) is 0.533. The van der Waals surface area contributed by atoms with Crippen LogP contribution in [0.15, 0.2) is 18.2 Å². The third-order valence-corrected chi connectivity index (χ3v) is 6.50. The summed E-state index contributed by atoms with van der Waals surface area (Å²) in [5.74, 6) is 4.03. The lowest BCUT2D eigenvalue weighted by Crippen LogP contribution is -2.17. The highest BCUT2D eigenvalue weighted by Crippen LogP contribution is 2.46. The number of nitrogens with zero attached hydrogens (tertiary/aromatic N) is 1. The van der Waals surface area contributed by atoms with Gasteiger partial charge in [-0.05, 0) is 24.0 Å². The van der Waals surface area contributed by atoms with Crippen molar-refractivity contribution in [3.8, 4) is 17.6 Å². The van der Waals surface area contributed by atoms with Crippen molar-refractivity contribution in [2.45, 2.75) is 23.3 Å². The van der Waals surface area contributed by atoms with Gasteiger partial charge in [-0.15, -0.1) is 23.5 Å². The topological polar surface area (TPSA) is 42.2 Å². The maximum atomic E-state index is 9.18. The van der Waals surface area contributed by atoms with Crippen LogP contribution < -0.4 is 9.47 Å². The molecule has 1 fully saturated rings. The predicted molar refractivity (Wildman–Crippen MR) is 85.8 cm³/mol. The van der Waals surface area contributed by atoms with E-state index in [4.69, 9.17) is 9.47 Å². The van der Waals surface area contributed by atoms with E-state index in [2.05, 4.69) is 12.1 Å². The Hall–Kier alpha value is -0.990. The maximum absolute atomic E-state index is 9.18. The first-order chi connectivity index (χ1) is 9.81. The molecule has 1 atom stereocenters. The van der Waals surface area contributed by atoms with E-state index in [9.17, 15) is 5.26 Å². The van der Waals surface area contributed by atoms with Gasteiger partial charge in [0.2, 0.25) is 0 Å². The van der Waals surface area contributed by atoms with Crippen molar-refractivity contribution in [2.75, 3.05) is 25.7 Å². The summed E-state index contributed by atoms with van der Waals surface area (Å²) in [7, 11) is 3.30. The van der Waals surface area contributed by atoms with Gasteiger partial charge in [-0.25, -0.2) is 0 Å². The minimum atomic E-state index is 0.181. The Morgan fingerprint density at radius 3 is 2.65 bits per heavy atom. The van der Waals surface area contributed by atoms with E-state index in [0.29, 0.717) is 11.0 Å². The average molecular weight is 309 g/mol. The van der Waals surface area contributed by atoms with Crippen LogP contribution in [0.3, 0.4) is 0 Å². The minimum absolute atomic E-state index is 0.181. The number of thioether (sulfide) groups is 2. The zero-order valence-corrected chi connectivity index (χ0v) is 13.4. The molecule has 0 aromatic heterocycles. The first kappa shape index (κ1) is 15.4. The number of hydrogen-bond acceptors (Lipinski definition) is 5. The van der Waals surface area contributed by atoms with Gasteiger partial charge in [-0.3, -0.25) is 0 Å². The van der Waals surface area contributed by atoms with Crippen LogP contribution in [0.25, 0.3) is 0 Å². The van der Waals surface area contributed by atoms with Gasteiger partial charge in [0.15, 0.2) is 11.5 Å². The average Bonchev–Trinajstić information content (AvgIpc) is 2.52. The van der Waals surface area contributed by atoms with E-state index in [-0.39, 0.29) is 5.92 Å². The second kappa shape index (κ2) is 7.70. The van der Waals surface area contributed by atoms with Crippen LogP contribution in [0.1, 0.15) is 24.3 Å². The zero-order valence-electron chi connectivity index (χ0n) is 11.8. The molecule has 1 aromatic rings. The normalized spacial score (nSPS) is 17.2. The summed E-state index contributed by atoms with van der Waals surface area (Å²) in [6.07, 6.45) is 1.76. The lowest BCUT2D eigenvalue weighted by atomic mass is 9.96. The Balaban J connectivity index is 2.35. The van der Waals surface area contributed by atoms with E-state index in [1.807, 2.05) is 35.7 Å². The van der Waals surface area contributed by atoms with Gasteiger partial charge in [0.1, 0.15) is 0 Å². The molecule has 0 amide bonds. The molecule has 1 aliphatic heterocycles. The van der Waals surface area contributed by atoms with Gasteiger partial charge in [0.25, 0.3) is 0 Å². The fourth-order valence-electron chi connectivity index (χ4n) is 2.39. The molecule has 0 N–H and O–H groups in total. The summed E-state index contributed by atoms with van der Waals surface area (Å²) in [5.41, 5.74) is 1.08. The lowest BCUT2D eigenvalue weighted by Gasteiger charge is -2.29. The molecule has 1 aromatic carbocycles. The van der Waals surface area contributed by atoms with E-state index >= 15 is 0 Å². The number of methoxy groups -OCH3 is 2. The highest BCUT2D eigenvalue weighted by molar-refractivity contribution is 8.17. The Labute approximate surface area is 129 Å². The number of para-hydroxylation sites is 1. The molecule has 0 saturated carbocycles. The summed E-state index contributed by atoms with van der Waals surface area (Å²) in [6.45, 7) is 0. The monoisotopic (exact) mass is 309 g/mol.